The molecule has 2 aromatic carbocycles. The second kappa shape index (κ2) is 8.39. The van der Waals surface area contributed by atoms with Crippen LogP contribution in [0.15, 0.2) is 48.5 Å². The Bertz CT molecular complexity index is 796. The molecule has 2 aromatic rings. The van der Waals surface area contributed by atoms with Crippen molar-refractivity contribution in [3.63, 3.8) is 0 Å². The van der Waals surface area contributed by atoms with E-state index in [2.05, 4.69) is 18.3 Å². The first kappa shape index (κ1) is 17.8. The third kappa shape index (κ3) is 4.54. The SMILES string of the molecule is C[C@@H]1CCN(C(=O)Nc2ccccc2COc2ccc(CC#N)cc2)C1. The largest absolute Gasteiger partial charge is 0.489 e. The van der Waals surface area contributed by atoms with Crippen molar-refractivity contribution in [2.75, 3.05) is 18.4 Å². The van der Waals surface area contributed by atoms with Crippen molar-refractivity contribution >= 4 is 11.7 Å². The van der Waals surface area contributed by atoms with Gasteiger partial charge in [-0.25, -0.2) is 4.79 Å². The van der Waals surface area contributed by atoms with Crippen LogP contribution in [0.3, 0.4) is 0 Å². The summed E-state index contributed by atoms with van der Waals surface area (Å²) in [6.07, 6.45) is 1.45. The molecule has 1 aliphatic rings. The highest BCUT2D eigenvalue weighted by Gasteiger charge is 2.23. The fourth-order valence-electron chi connectivity index (χ4n) is 3.04. The van der Waals surface area contributed by atoms with Crippen LogP contribution >= 0.6 is 0 Å². The van der Waals surface area contributed by atoms with E-state index in [1.807, 2.05) is 53.4 Å². The number of benzene rings is 2. The van der Waals surface area contributed by atoms with E-state index in [4.69, 9.17) is 10.00 Å². The minimum atomic E-state index is -0.0531. The number of rotatable bonds is 5. The summed E-state index contributed by atoms with van der Waals surface area (Å²) in [5.41, 5.74) is 2.67. The van der Waals surface area contributed by atoms with Crippen molar-refractivity contribution in [1.29, 1.82) is 5.26 Å². The van der Waals surface area contributed by atoms with E-state index >= 15 is 0 Å². The lowest BCUT2D eigenvalue weighted by atomic mass is 10.1. The number of hydrogen-bond donors (Lipinski definition) is 1. The van der Waals surface area contributed by atoms with Gasteiger partial charge in [-0.05, 0) is 36.1 Å². The summed E-state index contributed by atoms with van der Waals surface area (Å²) >= 11 is 0. The average Bonchev–Trinajstić information content (AvgIpc) is 3.09. The lowest BCUT2D eigenvalue weighted by Crippen LogP contribution is -2.33. The number of carbonyl (C=O) groups is 1. The van der Waals surface area contributed by atoms with E-state index in [9.17, 15) is 4.79 Å². The number of likely N-dealkylation sites (tertiary alicyclic amines) is 1. The number of nitrogens with zero attached hydrogens (tertiary/aromatic N) is 2. The Kier molecular flexibility index (Phi) is 5.75. The summed E-state index contributed by atoms with van der Waals surface area (Å²) in [6.45, 7) is 4.14. The molecule has 1 atom stereocenters. The maximum absolute atomic E-state index is 12.4. The Hall–Kier alpha value is -3.00. The van der Waals surface area contributed by atoms with Gasteiger partial charge < -0.3 is 15.0 Å². The van der Waals surface area contributed by atoms with Crippen LogP contribution < -0.4 is 10.1 Å². The fourth-order valence-corrected chi connectivity index (χ4v) is 3.04. The molecule has 134 valence electrons. The Balaban J connectivity index is 1.62. The molecule has 5 nitrogen and oxygen atoms in total. The number of anilines is 1. The van der Waals surface area contributed by atoms with Gasteiger partial charge in [0.2, 0.25) is 0 Å². The average molecular weight is 349 g/mol. The summed E-state index contributed by atoms with van der Waals surface area (Å²) in [6, 6.07) is 17.3. The Morgan fingerprint density at radius 1 is 1.27 bits per heavy atom. The number of nitriles is 1. The van der Waals surface area contributed by atoms with Gasteiger partial charge >= 0.3 is 6.03 Å². The summed E-state index contributed by atoms with van der Waals surface area (Å²) in [7, 11) is 0. The van der Waals surface area contributed by atoms with E-state index in [0.717, 1.165) is 42.1 Å². The molecule has 0 aromatic heterocycles. The van der Waals surface area contributed by atoms with Crippen LogP contribution in [0, 0.1) is 17.2 Å². The number of hydrogen-bond acceptors (Lipinski definition) is 3. The minimum Gasteiger partial charge on any atom is -0.489 e. The van der Waals surface area contributed by atoms with Gasteiger partial charge in [0, 0.05) is 24.3 Å². The first-order valence-corrected chi connectivity index (χ1v) is 8.88. The molecule has 0 spiro atoms. The molecule has 0 saturated carbocycles. The van der Waals surface area contributed by atoms with E-state index in [1.165, 1.54) is 0 Å². The van der Waals surface area contributed by atoms with Crippen LogP contribution in [0.4, 0.5) is 10.5 Å². The number of carbonyl (C=O) groups excluding carboxylic acids is 1. The van der Waals surface area contributed by atoms with Crippen LogP contribution in [0.25, 0.3) is 0 Å². The Morgan fingerprint density at radius 2 is 2.04 bits per heavy atom. The van der Waals surface area contributed by atoms with Crippen LogP contribution in [-0.2, 0) is 13.0 Å². The molecule has 26 heavy (non-hydrogen) atoms. The molecule has 2 amide bonds. The number of ether oxygens (including phenoxy) is 1. The van der Waals surface area contributed by atoms with Gasteiger partial charge in [0.05, 0.1) is 12.5 Å². The molecule has 0 aliphatic carbocycles. The number of para-hydroxylation sites is 1. The van der Waals surface area contributed by atoms with E-state index in [-0.39, 0.29) is 6.03 Å². The van der Waals surface area contributed by atoms with Gasteiger partial charge in [0.1, 0.15) is 12.4 Å². The van der Waals surface area contributed by atoms with Crippen molar-refractivity contribution < 1.29 is 9.53 Å². The predicted octanol–water partition coefficient (Wildman–Crippen LogP) is 4.21. The summed E-state index contributed by atoms with van der Waals surface area (Å²) < 4.78 is 5.84. The molecule has 3 rings (SSSR count). The predicted molar refractivity (Wildman–Crippen MR) is 101 cm³/mol. The quantitative estimate of drug-likeness (QED) is 0.879. The zero-order valence-corrected chi connectivity index (χ0v) is 14.9. The number of urea groups is 1. The second-order valence-corrected chi connectivity index (χ2v) is 6.69. The molecule has 0 radical (unpaired) electrons. The van der Waals surface area contributed by atoms with Gasteiger partial charge in [0.25, 0.3) is 0 Å². The van der Waals surface area contributed by atoms with Crippen LogP contribution in [0.2, 0.25) is 0 Å². The van der Waals surface area contributed by atoms with Gasteiger partial charge in [-0.2, -0.15) is 5.26 Å². The van der Waals surface area contributed by atoms with Crippen molar-refractivity contribution in [3.8, 4) is 11.8 Å². The monoisotopic (exact) mass is 349 g/mol. The molecule has 1 heterocycles. The van der Waals surface area contributed by atoms with Gasteiger partial charge in [0.15, 0.2) is 0 Å². The molecule has 1 aliphatic heterocycles. The van der Waals surface area contributed by atoms with Crippen molar-refractivity contribution in [2.45, 2.75) is 26.4 Å². The van der Waals surface area contributed by atoms with E-state index in [1.54, 1.807) is 0 Å². The van der Waals surface area contributed by atoms with E-state index in [0.29, 0.717) is 18.9 Å². The molecule has 5 heteroatoms. The van der Waals surface area contributed by atoms with Crippen LogP contribution in [0.1, 0.15) is 24.5 Å². The first-order chi connectivity index (χ1) is 12.7. The highest BCUT2D eigenvalue weighted by Crippen LogP contribution is 2.21. The molecule has 0 bridgehead atoms. The van der Waals surface area contributed by atoms with Crippen LogP contribution in [-0.4, -0.2) is 24.0 Å². The van der Waals surface area contributed by atoms with Crippen LogP contribution in [0.5, 0.6) is 5.75 Å². The number of nitrogens with one attached hydrogen (secondary N) is 1. The van der Waals surface area contributed by atoms with Gasteiger partial charge in [-0.15, -0.1) is 0 Å². The standard InChI is InChI=1S/C21H23N3O2/c1-16-11-13-24(14-16)21(25)23-20-5-3-2-4-18(20)15-26-19-8-6-17(7-9-19)10-12-22/h2-9,16H,10-11,13-15H2,1H3,(H,23,25)/t16-/m1/s1. The maximum Gasteiger partial charge on any atom is 0.321 e. The fraction of sp³-hybridized carbons (Fsp3) is 0.333. The van der Waals surface area contributed by atoms with E-state index < -0.39 is 0 Å². The smallest absolute Gasteiger partial charge is 0.321 e. The molecule has 0 unspecified atom stereocenters. The Morgan fingerprint density at radius 3 is 2.73 bits per heavy atom. The highest BCUT2D eigenvalue weighted by atomic mass is 16.5. The Labute approximate surface area is 154 Å². The first-order valence-electron chi connectivity index (χ1n) is 8.88. The van der Waals surface area contributed by atoms with Crippen molar-refractivity contribution in [3.05, 3.63) is 59.7 Å². The normalized spacial score (nSPS) is 16.2. The summed E-state index contributed by atoms with van der Waals surface area (Å²) in [4.78, 5) is 14.3. The minimum absolute atomic E-state index is 0.0531. The topological polar surface area (TPSA) is 65.4 Å². The zero-order chi connectivity index (χ0) is 18.4. The van der Waals surface area contributed by atoms with Gasteiger partial charge in [-0.3, -0.25) is 0 Å². The third-order valence-electron chi connectivity index (χ3n) is 4.57. The molecular formula is C21H23N3O2. The van der Waals surface area contributed by atoms with Gasteiger partial charge in [-0.1, -0.05) is 37.3 Å². The summed E-state index contributed by atoms with van der Waals surface area (Å²) in [5, 5.41) is 11.7. The molecule has 1 fully saturated rings. The van der Waals surface area contributed by atoms with Crippen molar-refractivity contribution in [2.24, 2.45) is 5.92 Å². The van der Waals surface area contributed by atoms with Crippen molar-refractivity contribution in [1.82, 2.24) is 4.90 Å². The summed E-state index contributed by atoms with van der Waals surface area (Å²) in [5.74, 6) is 1.30. The lowest BCUT2D eigenvalue weighted by Gasteiger charge is -2.18. The zero-order valence-electron chi connectivity index (χ0n) is 14.9. The molecular weight excluding hydrogens is 326 g/mol. The molecule has 1 N–H and O–H groups in total. The molecule has 1 saturated heterocycles. The maximum atomic E-state index is 12.4. The second-order valence-electron chi connectivity index (χ2n) is 6.69. The number of amides is 2. The lowest BCUT2D eigenvalue weighted by molar-refractivity contribution is 0.221. The highest BCUT2D eigenvalue weighted by molar-refractivity contribution is 5.90. The third-order valence-corrected chi connectivity index (χ3v) is 4.57.